The fourth-order valence-corrected chi connectivity index (χ4v) is 4.77. The molecule has 7 heteroatoms. The number of benzene rings is 1. The molecule has 0 saturated carbocycles. The Morgan fingerprint density at radius 3 is 2.32 bits per heavy atom. The molecule has 1 saturated heterocycles. The Morgan fingerprint density at radius 2 is 1.75 bits per heavy atom. The molecule has 6 nitrogen and oxygen atoms in total. The summed E-state index contributed by atoms with van der Waals surface area (Å²) in [5.74, 6) is 0.486. The van der Waals surface area contributed by atoms with Crippen LogP contribution in [0.4, 0.5) is 0 Å². The van der Waals surface area contributed by atoms with E-state index < -0.39 is 10.0 Å². The zero-order valence-electron chi connectivity index (χ0n) is 17.1. The Kier molecular flexibility index (Phi) is 5.42. The van der Waals surface area contributed by atoms with Gasteiger partial charge in [-0.2, -0.15) is 4.31 Å². The first kappa shape index (κ1) is 20.6. The van der Waals surface area contributed by atoms with Crippen LogP contribution in [0.2, 0.25) is 0 Å². The lowest BCUT2D eigenvalue weighted by Crippen LogP contribution is -2.31. The predicted octanol–water partition coefficient (Wildman–Crippen LogP) is 2.83. The van der Waals surface area contributed by atoms with Gasteiger partial charge in [-0.05, 0) is 42.5 Å². The van der Waals surface area contributed by atoms with E-state index in [0.29, 0.717) is 23.6 Å². The highest BCUT2D eigenvalue weighted by Gasteiger charge is 2.34. The van der Waals surface area contributed by atoms with E-state index in [9.17, 15) is 13.2 Å². The van der Waals surface area contributed by atoms with Crippen LogP contribution in [0.3, 0.4) is 0 Å². The molecule has 1 atom stereocenters. The highest BCUT2D eigenvalue weighted by molar-refractivity contribution is 7.89. The number of ether oxygens (including phenoxy) is 1. The van der Waals surface area contributed by atoms with Crippen LogP contribution < -0.4 is 10.3 Å². The van der Waals surface area contributed by atoms with E-state index in [0.717, 1.165) is 11.3 Å². The van der Waals surface area contributed by atoms with Crippen LogP contribution in [0.25, 0.3) is 0 Å². The van der Waals surface area contributed by atoms with Crippen LogP contribution in [0, 0.1) is 6.92 Å². The molecule has 28 heavy (non-hydrogen) atoms. The van der Waals surface area contributed by atoms with Gasteiger partial charge in [0.05, 0.1) is 11.4 Å². The summed E-state index contributed by atoms with van der Waals surface area (Å²) in [4.78, 5) is 12.2. The van der Waals surface area contributed by atoms with Crippen molar-refractivity contribution in [1.29, 1.82) is 0 Å². The van der Waals surface area contributed by atoms with Gasteiger partial charge >= 0.3 is 0 Å². The number of hydrogen-bond donors (Lipinski definition) is 0. The Bertz CT molecular complexity index is 1020. The van der Waals surface area contributed by atoms with Crippen molar-refractivity contribution in [3.05, 3.63) is 58.0 Å². The molecule has 0 amide bonds. The SMILES string of the molecule is Cc1cc(OC2CCN(S(=O)(=O)c3ccc(C(C)(C)C)cc3)C2)cc(=O)n1C. The standard InChI is InChI=1S/C21H28N2O4S/c1-15-12-18(13-20(24)22(15)5)27-17-10-11-23(14-17)28(25,26)19-8-6-16(7-9-19)21(2,3)4/h6-9,12-13,17H,10-11,14H2,1-5H3. The molecule has 0 radical (unpaired) electrons. The highest BCUT2D eigenvalue weighted by Crippen LogP contribution is 2.27. The monoisotopic (exact) mass is 404 g/mol. The molecular formula is C21H28N2O4S. The normalized spacial score (nSPS) is 18.4. The van der Waals surface area contributed by atoms with Crippen LogP contribution in [0.5, 0.6) is 5.75 Å². The summed E-state index contributed by atoms with van der Waals surface area (Å²) in [7, 11) is -1.86. The van der Waals surface area contributed by atoms with Gasteiger partial charge in [-0.1, -0.05) is 32.9 Å². The molecule has 1 fully saturated rings. The van der Waals surface area contributed by atoms with E-state index in [2.05, 4.69) is 20.8 Å². The van der Waals surface area contributed by atoms with E-state index in [1.165, 1.54) is 10.4 Å². The van der Waals surface area contributed by atoms with Gasteiger partial charge < -0.3 is 9.30 Å². The lowest BCUT2D eigenvalue weighted by Gasteiger charge is -2.21. The minimum Gasteiger partial charge on any atom is -0.489 e. The largest absolute Gasteiger partial charge is 0.489 e. The van der Waals surface area contributed by atoms with Crippen molar-refractivity contribution in [2.45, 2.75) is 50.5 Å². The lowest BCUT2D eigenvalue weighted by molar-refractivity contribution is 0.214. The second-order valence-corrected chi connectivity index (χ2v) is 10.3. The summed E-state index contributed by atoms with van der Waals surface area (Å²) >= 11 is 0. The van der Waals surface area contributed by atoms with Gasteiger partial charge in [0.25, 0.3) is 5.56 Å². The minimum absolute atomic E-state index is 0.0280. The molecule has 1 aliphatic rings. The van der Waals surface area contributed by atoms with Gasteiger partial charge in [-0.3, -0.25) is 4.79 Å². The zero-order chi connectivity index (χ0) is 20.7. The van der Waals surface area contributed by atoms with Crippen molar-refractivity contribution in [3.63, 3.8) is 0 Å². The Hall–Kier alpha value is -2.12. The third-order valence-electron chi connectivity index (χ3n) is 5.25. The topological polar surface area (TPSA) is 68.6 Å². The van der Waals surface area contributed by atoms with Crippen molar-refractivity contribution in [1.82, 2.24) is 8.87 Å². The molecule has 2 aromatic rings. The molecule has 1 aromatic carbocycles. The third-order valence-corrected chi connectivity index (χ3v) is 7.12. The molecule has 0 N–H and O–H groups in total. The van der Waals surface area contributed by atoms with E-state index in [-0.39, 0.29) is 23.6 Å². The smallest absolute Gasteiger partial charge is 0.254 e. The molecule has 0 spiro atoms. The van der Waals surface area contributed by atoms with Gasteiger partial charge in [-0.25, -0.2) is 8.42 Å². The van der Waals surface area contributed by atoms with E-state index in [4.69, 9.17) is 4.74 Å². The first-order chi connectivity index (χ1) is 13.0. The van der Waals surface area contributed by atoms with Gasteiger partial charge in [0.2, 0.25) is 10.0 Å². The number of rotatable bonds is 4. The fraction of sp³-hybridized carbons (Fsp3) is 0.476. The Labute approximate surface area is 166 Å². The number of sulfonamides is 1. The van der Waals surface area contributed by atoms with Crippen molar-refractivity contribution in [3.8, 4) is 5.75 Å². The van der Waals surface area contributed by atoms with E-state index in [1.54, 1.807) is 29.8 Å². The lowest BCUT2D eigenvalue weighted by atomic mass is 9.87. The maximum Gasteiger partial charge on any atom is 0.254 e. The first-order valence-corrected chi connectivity index (χ1v) is 10.9. The van der Waals surface area contributed by atoms with E-state index in [1.807, 2.05) is 19.1 Å². The number of nitrogens with zero attached hydrogens (tertiary/aromatic N) is 2. The molecule has 3 rings (SSSR count). The maximum absolute atomic E-state index is 13.0. The molecule has 1 aromatic heterocycles. The highest BCUT2D eigenvalue weighted by atomic mass is 32.2. The van der Waals surface area contributed by atoms with Crippen LogP contribution in [0.15, 0.2) is 46.1 Å². The summed E-state index contributed by atoms with van der Waals surface area (Å²) in [6, 6.07) is 10.3. The molecule has 1 unspecified atom stereocenters. The van der Waals surface area contributed by atoms with Gasteiger partial charge in [0, 0.05) is 25.4 Å². The predicted molar refractivity (Wildman–Crippen MR) is 109 cm³/mol. The molecule has 0 bridgehead atoms. The summed E-state index contributed by atoms with van der Waals surface area (Å²) in [6.45, 7) is 8.79. The van der Waals surface area contributed by atoms with Crippen LogP contribution >= 0.6 is 0 Å². The second-order valence-electron chi connectivity index (χ2n) is 8.40. The Morgan fingerprint density at radius 1 is 1.11 bits per heavy atom. The number of aryl methyl sites for hydroxylation is 1. The van der Waals surface area contributed by atoms with Crippen molar-refractivity contribution in [2.75, 3.05) is 13.1 Å². The van der Waals surface area contributed by atoms with Gasteiger partial charge in [0.1, 0.15) is 11.9 Å². The average molecular weight is 405 g/mol. The number of hydrogen-bond acceptors (Lipinski definition) is 4. The zero-order valence-corrected chi connectivity index (χ0v) is 17.9. The minimum atomic E-state index is -3.56. The average Bonchev–Trinajstić information content (AvgIpc) is 3.08. The second kappa shape index (κ2) is 7.37. The van der Waals surface area contributed by atoms with Gasteiger partial charge in [0.15, 0.2) is 0 Å². The summed E-state index contributed by atoms with van der Waals surface area (Å²) in [6.07, 6.45) is 0.322. The fourth-order valence-electron chi connectivity index (χ4n) is 3.29. The molecular weight excluding hydrogens is 376 g/mol. The van der Waals surface area contributed by atoms with Crippen LogP contribution in [-0.4, -0.2) is 36.5 Å². The van der Waals surface area contributed by atoms with Crippen molar-refractivity contribution < 1.29 is 13.2 Å². The maximum atomic E-state index is 13.0. The van der Waals surface area contributed by atoms with Crippen molar-refractivity contribution >= 4 is 10.0 Å². The molecule has 0 aliphatic carbocycles. The molecule has 2 heterocycles. The number of pyridine rings is 1. The molecule has 1 aliphatic heterocycles. The summed E-state index contributed by atoms with van der Waals surface area (Å²) in [5.41, 5.74) is 1.72. The quantitative estimate of drug-likeness (QED) is 0.786. The Balaban J connectivity index is 1.73. The van der Waals surface area contributed by atoms with E-state index >= 15 is 0 Å². The van der Waals surface area contributed by atoms with Crippen LogP contribution in [-0.2, 0) is 22.5 Å². The molecule has 152 valence electrons. The summed E-state index contributed by atoms with van der Waals surface area (Å²) in [5, 5.41) is 0. The van der Waals surface area contributed by atoms with Crippen LogP contribution in [0.1, 0.15) is 38.4 Å². The first-order valence-electron chi connectivity index (χ1n) is 9.43. The summed E-state index contributed by atoms with van der Waals surface area (Å²) < 4.78 is 34.8. The number of aromatic nitrogens is 1. The van der Waals surface area contributed by atoms with Crippen molar-refractivity contribution in [2.24, 2.45) is 7.05 Å². The van der Waals surface area contributed by atoms with Gasteiger partial charge in [-0.15, -0.1) is 0 Å². The third kappa shape index (κ3) is 4.15.